The van der Waals surface area contributed by atoms with Crippen molar-refractivity contribution >= 4 is 21.4 Å². The lowest BCUT2D eigenvalue weighted by Gasteiger charge is -1.98. The predicted octanol–water partition coefficient (Wildman–Crippen LogP) is 1.80. The first-order valence-corrected chi connectivity index (χ1v) is 4.63. The van der Waals surface area contributed by atoms with E-state index in [0.29, 0.717) is 10.1 Å². The van der Waals surface area contributed by atoms with Crippen LogP contribution < -0.4 is 0 Å². The SMILES string of the molecule is OCc1csc2c(O)cc(O)cc12. The Kier molecular flexibility index (Phi) is 1.86. The molecular weight excluding hydrogens is 188 g/mol. The van der Waals surface area contributed by atoms with Crippen molar-refractivity contribution in [1.82, 2.24) is 0 Å². The van der Waals surface area contributed by atoms with E-state index < -0.39 is 0 Å². The van der Waals surface area contributed by atoms with Crippen LogP contribution in [0.25, 0.3) is 10.1 Å². The minimum absolute atomic E-state index is 0.0121. The molecule has 0 aliphatic carbocycles. The zero-order valence-electron chi connectivity index (χ0n) is 6.69. The van der Waals surface area contributed by atoms with Gasteiger partial charge in [-0.05, 0) is 17.0 Å². The van der Waals surface area contributed by atoms with Gasteiger partial charge in [-0.15, -0.1) is 11.3 Å². The fourth-order valence-corrected chi connectivity index (χ4v) is 2.24. The van der Waals surface area contributed by atoms with Crippen molar-refractivity contribution in [2.45, 2.75) is 6.61 Å². The van der Waals surface area contributed by atoms with E-state index in [9.17, 15) is 10.2 Å². The van der Waals surface area contributed by atoms with Crippen molar-refractivity contribution in [3.8, 4) is 11.5 Å². The first-order chi connectivity index (χ1) is 6.22. The van der Waals surface area contributed by atoms with Crippen LogP contribution in [0.4, 0.5) is 0 Å². The number of aliphatic hydroxyl groups excluding tert-OH is 1. The van der Waals surface area contributed by atoms with E-state index in [2.05, 4.69) is 0 Å². The van der Waals surface area contributed by atoms with Crippen molar-refractivity contribution in [2.24, 2.45) is 0 Å². The van der Waals surface area contributed by atoms with Crippen LogP contribution in [0.3, 0.4) is 0 Å². The summed E-state index contributed by atoms with van der Waals surface area (Å²) in [6, 6.07) is 2.83. The molecule has 0 fully saturated rings. The predicted molar refractivity (Wildman–Crippen MR) is 51.1 cm³/mol. The lowest BCUT2D eigenvalue weighted by Crippen LogP contribution is -1.78. The fourth-order valence-electron chi connectivity index (χ4n) is 1.28. The third-order valence-electron chi connectivity index (χ3n) is 1.89. The van der Waals surface area contributed by atoms with E-state index in [1.165, 1.54) is 23.5 Å². The quantitative estimate of drug-likeness (QED) is 0.651. The van der Waals surface area contributed by atoms with Crippen LogP contribution in [0.5, 0.6) is 11.5 Å². The topological polar surface area (TPSA) is 60.7 Å². The van der Waals surface area contributed by atoms with E-state index in [0.717, 1.165) is 5.56 Å². The van der Waals surface area contributed by atoms with Gasteiger partial charge < -0.3 is 15.3 Å². The molecule has 0 amide bonds. The zero-order chi connectivity index (χ0) is 9.42. The molecule has 68 valence electrons. The van der Waals surface area contributed by atoms with Gasteiger partial charge >= 0.3 is 0 Å². The van der Waals surface area contributed by atoms with Crippen LogP contribution >= 0.6 is 11.3 Å². The number of fused-ring (bicyclic) bond motifs is 1. The number of hydrogen-bond acceptors (Lipinski definition) is 4. The monoisotopic (exact) mass is 196 g/mol. The molecule has 4 heteroatoms. The number of phenols is 2. The summed E-state index contributed by atoms with van der Waals surface area (Å²) in [5, 5.41) is 30.1. The molecule has 0 atom stereocenters. The molecule has 1 aromatic heterocycles. The Morgan fingerprint density at radius 3 is 2.69 bits per heavy atom. The lowest BCUT2D eigenvalue weighted by molar-refractivity contribution is 0.284. The average molecular weight is 196 g/mol. The molecule has 13 heavy (non-hydrogen) atoms. The smallest absolute Gasteiger partial charge is 0.137 e. The molecule has 1 aromatic carbocycles. The fraction of sp³-hybridized carbons (Fsp3) is 0.111. The summed E-state index contributed by atoms with van der Waals surface area (Å²) in [6.07, 6.45) is 0. The van der Waals surface area contributed by atoms with E-state index in [1.54, 1.807) is 5.38 Å². The van der Waals surface area contributed by atoms with Crippen molar-refractivity contribution in [3.05, 3.63) is 23.1 Å². The summed E-state index contributed by atoms with van der Waals surface area (Å²) < 4.78 is 0.696. The summed E-state index contributed by atoms with van der Waals surface area (Å²) in [6.45, 7) is -0.0805. The highest BCUT2D eigenvalue weighted by Crippen LogP contribution is 2.36. The van der Waals surface area contributed by atoms with Crippen LogP contribution in [-0.2, 0) is 6.61 Å². The standard InChI is InChI=1S/C9H8O3S/c10-3-5-4-13-9-7(5)1-6(11)2-8(9)12/h1-2,4,10-12H,3H2. The Balaban J connectivity index is 2.82. The van der Waals surface area contributed by atoms with Gasteiger partial charge in [0.05, 0.1) is 11.3 Å². The van der Waals surface area contributed by atoms with Gasteiger partial charge in [-0.1, -0.05) is 0 Å². The van der Waals surface area contributed by atoms with Crippen LogP contribution in [0.15, 0.2) is 17.5 Å². The van der Waals surface area contributed by atoms with Gasteiger partial charge in [-0.2, -0.15) is 0 Å². The molecule has 2 aromatic rings. The van der Waals surface area contributed by atoms with E-state index in [4.69, 9.17) is 5.11 Å². The average Bonchev–Trinajstić information content (AvgIpc) is 2.47. The second-order valence-corrected chi connectivity index (χ2v) is 3.64. The minimum Gasteiger partial charge on any atom is -0.508 e. The zero-order valence-corrected chi connectivity index (χ0v) is 7.51. The van der Waals surface area contributed by atoms with Gasteiger partial charge in [0.15, 0.2) is 0 Å². The number of rotatable bonds is 1. The van der Waals surface area contributed by atoms with Crippen LogP contribution in [0.2, 0.25) is 0 Å². The summed E-state index contributed by atoms with van der Waals surface area (Å²) in [5.74, 6) is 0.0674. The normalized spacial score (nSPS) is 10.8. The first kappa shape index (κ1) is 8.34. The molecule has 0 saturated heterocycles. The minimum atomic E-state index is -0.0805. The molecule has 0 aliphatic heterocycles. The second-order valence-electron chi connectivity index (χ2n) is 2.76. The molecule has 3 N–H and O–H groups in total. The van der Waals surface area contributed by atoms with Gasteiger partial charge in [0.1, 0.15) is 11.5 Å². The number of phenolic OH excluding ortho intramolecular Hbond substituents is 2. The van der Waals surface area contributed by atoms with Crippen molar-refractivity contribution in [2.75, 3.05) is 0 Å². The molecule has 0 bridgehead atoms. The Morgan fingerprint density at radius 2 is 2.00 bits per heavy atom. The van der Waals surface area contributed by atoms with Crippen molar-refractivity contribution < 1.29 is 15.3 Å². The molecule has 2 rings (SSSR count). The summed E-state index contributed by atoms with van der Waals surface area (Å²) in [4.78, 5) is 0. The van der Waals surface area contributed by atoms with Crippen LogP contribution in [-0.4, -0.2) is 15.3 Å². The van der Waals surface area contributed by atoms with Crippen molar-refractivity contribution in [3.63, 3.8) is 0 Å². The summed E-state index contributed by atoms with van der Waals surface area (Å²) in [7, 11) is 0. The second kappa shape index (κ2) is 2.90. The molecule has 3 nitrogen and oxygen atoms in total. The number of aromatic hydroxyl groups is 2. The highest BCUT2D eigenvalue weighted by Gasteiger charge is 2.08. The third kappa shape index (κ3) is 1.24. The molecule has 0 saturated carbocycles. The van der Waals surface area contributed by atoms with E-state index >= 15 is 0 Å². The number of hydrogen-bond donors (Lipinski definition) is 3. The Hall–Kier alpha value is -1.26. The molecular formula is C9H8O3S. The van der Waals surface area contributed by atoms with Gasteiger partial charge in [-0.3, -0.25) is 0 Å². The molecule has 0 unspecified atom stereocenters. The summed E-state index contributed by atoms with van der Waals surface area (Å²) in [5.41, 5.74) is 0.728. The van der Waals surface area contributed by atoms with E-state index in [-0.39, 0.29) is 18.1 Å². The van der Waals surface area contributed by atoms with Gasteiger partial charge in [-0.25, -0.2) is 0 Å². The molecule has 0 radical (unpaired) electrons. The van der Waals surface area contributed by atoms with Crippen LogP contribution in [0.1, 0.15) is 5.56 Å². The molecule has 1 heterocycles. The maximum Gasteiger partial charge on any atom is 0.137 e. The largest absolute Gasteiger partial charge is 0.508 e. The number of benzene rings is 1. The highest BCUT2D eigenvalue weighted by atomic mass is 32.1. The van der Waals surface area contributed by atoms with Crippen molar-refractivity contribution in [1.29, 1.82) is 0 Å². The first-order valence-electron chi connectivity index (χ1n) is 3.75. The Bertz CT molecular complexity index is 447. The highest BCUT2D eigenvalue weighted by molar-refractivity contribution is 7.17. The van der Waals surface area contributed by atoms with Crippen LogP contribution in [0, 0.1) is 0 Å². The Morgan fingerprint density at radius 1 is 1.23 bits per heavy atom. The summed E-state index contributed by atoms with van der Waals surface area (Å²) >= 11 is 1.35. The number of aliphatic hydroxyl groups is 1. The lowest BCUT2D eigenvalue weighted by atomic mass is 10.1. The Labute approximate surface area is 78.5 Å². The number of thiophene rings is 1. The molecule has 0 spiro atoms. The van der Waals surface area contributed by atoms with Gasteiger partial charge in [0, 0.05) is 11.5 Å². The van der Waals surface area contributed by atoms with Gasteiger partial charge in [0.25, 0.3) is 0 Å². The maximum absolute atomic E-state index is 9.43. The van der Waals surface area contributed by atoms with Gasteiger partial charge in [0.2, 0.25) is 0 Å². The molecule has 0 aliphatic rings. The third-order valence-corrected chi connectivity index (χ3v) is 2.96. The van der Waals surface area contributed by atoms with E-state index in [1.807, 2.05) is 0 Å². The maximum atomic E-state index is 9.43.